The van der Waals surface area contributed by atoms with Crippen LogP contribution in [-0.2, 0) is 4.79 Å². The van der Waals surface area contributed by atoms with Gasteiger partial charge in [-0.2, -0.15) is 5.10 Å². The highest BCUT2D eigenvalue weighted by Crippen LogP contribution is 2.48. The number of hydrogen-bond donors (Lipinski definition) is 1. The molecular formula is C18H22N4O2. The minimum Gasteiger partial charge on any atom is -0.469 e. The van der Waals surface area contributed by atoms with E-state index in [1.165, 1.54) is 0 Å². The lowest BCUT2D eigenvalue weighted by atomic mass is 10.0. The SMILES string of the molecule is Cc1ccc(NC2CCN(C(=O)[C@@H]3C[C@@H]3c3ccco3)CC2)nn1. The second-order valence-corrected chi connectivity index (χ2v) is 6.77. The number of nitrogens with zero attached hydrogens (tertiary/aromatic N) is 3. The maximum absolute atomic E-state index is 12.6. The fraction of sp³-hybridized carbons (Fsp3) is 0.500. The van der Waals surface area contributed by atoms with Gasteiger partial charge in [-0.15, -0.1) is 5.10 Å². The molecule has 0 spiro atoms. The number of hydrogen-bond acceptors (Lipinski definition) is 5. The van der Waals surface area contributed by atoms with Crippen LogP contribution in [-0.4, -0.2) is 40.1 Å². The first-order valence-corrected chi connectivity index (χ1v) is 8.60. The standard InChI is InChI=1S/C18H22N4O2/c1-12-4-5-17(21-20-12)19-13-6-8-22(9-7-13)18(23)15-11-14(15)16-3-2-10-24-16/h2-5,10,13-15H,6-9,11H2,1H3,(H,19,21)/t14-,15+/m0/s1. The molecule has 0 aromatic carbocycles. The number of aryl methyl sites for hydroxylation is 1. The number of aromatic nitrogens is 2. The summed E-state index contributed by atoms with van der Waals surface area (Å²) < 4.78 is 5.42. The minimum atomic E-state index is 0.114. The maximum atomic E-state index is 12.6. The Morgan fingerprint density at radius 1 is 1.25 bits per heavy atom. The number of carbonyl (C=O) groups excluding carboxylic acids is 1. The van der Waals surface area contributed by atoms with E-state index in [4.69, 9.17) is 4.42 Å². The van der Waals surface area contributed by atoms with Crippen molar-refractivity contribution in [1.29, 1.82) is 0 Å². The van der Waals surface area contributed by atoms with Crippen molar-refractivity contribution >= 4 is 11.7 Å². The van der Waals surface area contributed by atoms with E-state index in [-0.39, 0.29) is 17.7 Å². The fourth-order valence-corrected chi connectivity index (χ4v) is 3.45. The number of furan rings is 1. The van der Waals surface area contributed by atoms with Crippen LogP contribution >= 0.6 is 0 Å². The average Bonchev–Trinajstić information content (AvgIpc) is 3.22. The fourth-order valence-electron chi connectivity index (χ4n) is 3.45. The molecule has 1 amide bonds. The second kappa shape index (κ2) is 6.26. The Morgan fingerprint density at radius 2 is 2.08 bits per heavy atom. The summed E-state index contributed by atoms with van der Waals surface area (Å²) in [5.74, 6) is 2.44. The highest BCUT2D eigenvalue weighted by atomic mass is 16.3. The number of piperidine rings is 1. The van der Waals surface area contributed by atoms with Gasteiger partial charge in [0.15, 0.2) is 0 Å². The molecule has 0 unspecified atom stereocenters. The van der Waals surface area contributed by atoms with E-state index in [2.05, 4.69) is 15.5 Å². The van der Waals surface area contributed by atoms with Crippen molar-refractivity contribution in [2.75, 3.05) is 18.4 Å². The van der Waals surface area contributed by atoms with Crippen LogP contribution in [0.15, 0.2) is 34.9 Å². The molecule has 0 radical (unpaired) electrons. The predicted molar refractivity (Wildman–Crippen MR) is 89.5 cm³/mol. The van der Waals surface area contributed by atoms with Gasteiger partial charge in [0.05, 0.1) is 12.0 Å². The first-order valence-electron chi connectivity index (χ1n) is 8.60. The molecule has 3 heterocycles. The zero-order chi connectivity index (χ0) is 16.5. The molecule has 1 saturated carbocycles. The van der Waals surface area contributed by atoms with Gasteiger partial charge in [0.1, 0.15) is 11.6 Å². The second-order valence-electron chi connectivity index (χ2n) is 6.77. The quantitative estimate of drug-likeness (QED) is 0.935. The Balaban J connectivity index is 1.27. The van der Waals surface area contributed by atoms with Crippen LogP contribution in [0.4, 0.5) is 5.82 Å². The molecule has 1 N–H and O–H groups in total. The summed E-state index contributed by atoms with van der Waals surface area (Å²) in [5.41, 5.74) is 0.913. The summed E-state index contributed by atoms with van der Waals surface area (Å²) in [4.78, 5) is 14.6. The van der Waals surface area contributed by atoms with Crippen molar-refractivity contribution < 1.29 is 9.21 Å². The van der Waals surface area contributed by atoms with Crippen molar-refractivity contribution in [2.45, 2.75) is 38.1 Å². The van der Waals surface area contributed by atoms with Gasteiger partial charge in [0.2, 0.25) is 5.91 Å². The lowest BCUT2D eigenvalue weighted by Gasteiger charge is -2.32. The molecular weight excluding hydrogens is 304 g/mol. The lowest BCUT2D eigenvalue weighted by Crippen LogP contribution is -2.43. The number of amides is 1. The summed E-state index contributed by atoms with van der Waals surface area (Å²) in [5, 5.41) is 11.6. The van der Waals surface area contributed by atoms with Gasteiger partial charge in [0, 0.05) is 31.0 Å². The molecule has 6 heteroatoms. The summed E-state index contributed by atoms with van der Waals surface area (Å²) in [7, 11) is 0. The highest BCUT2D eigenvalue weighted by Gasteiger charge is 2.47. The van der Waals surface area contributed by atoms with Crippen LogP contribution in [0, 0.1) is 12.8 Å². The number of likely N-dealkylation sites (tertiary alicyclic amines) is 1. The molecule has 2 aromatic heterocycles. The third kappa shape index (κ3) is 3.13. The van der Waals surface area contributed by atoms with Crippen LogP contribution in [0.2, 0.25) is 0 Å². The molecule has 2 aliphatic rings. The van der Waals surface area contributed by atoms with Crippen LogP contribution in [0.1, 0.15) is 36.6 Å². The third-order valence-electron chi connectivity index (χ3n) is 4.97. The Labute approximate surface area is 141 Å². The van der Waals surface area contributed by atoms with E-state index in [1.807, 2.05) is 36.1 Å². The summed E-state index contributed by atoms with van der Waals surface area (Å²) in [6.45, 7) is 3.53. The van der Waals surface area contributed by atoms with Gasteiger partial charge in [-0.05, 0) is 50.5 Å². The Hall–Kier alpha value is -2.37. The molecule has 1 saturated heterocycles. The molecule has 126 valence electrons. The molecule has 6 nitrogen and oxygen atoms in total. The smallest absolute Gasteiger partial charge is 0.226 e. The summed E-state index contributed by atoms with van der Waals surface area (Å²) >= 11 is 0. The van der Waals surface area contributed by atoms with Crippen molar-refractivity contribution in [3.63, 3.8) is 0 Å². The van der Waals surface area contributed by atoms with Crippen LogP contribution in [0.5, 0.6) is 0 Å². The van der Waals surface area contributed by atoms with E-state index < -0.39 is 0 Å². The van der Waals surface area contributed by atoms with Crippen molar-refractivity contribution in [3.05, 3.63) is 42.0 Å². The predicted octanol–water partition coefficient (Wildman–Crippen LogP) is 2.58. The zero-order valence-electron chi connectivity index (χ0n) is 13.8. The molecule has 24 heavy (non-hydrogen) atoms. The van der Waals surface area contributed by atoms with E-state index in [1.54, 1.807) is 6.26 Å². The molecule has 2 fully saturated rings. The average molecular weight is 326 g/mol. The largest absolute Gasteiger partial charge is 0.469 e. The van der Waals surface area contributed by atoms with E-state index in [0.717, 1.165) is 49.6 Å². The molecule has 1 aliphatic heterocycles. The Morgan fingerprint density at radius 3 is 2.75 bits per heavy atom. The Bertz CT molecular complexity index is 690. The van der Waals surface area contributed by atoms with Gasteiger partial charge in [0.25, 0.3) is 0 Å². The van der Waals surface area contributed by atoms with Crippen LogP contribution in [0.3, 0.4) is 0 Å². The Kier molecular flexibility index (Phi) is 3.96. The topological polar surface area (TPSA) is 71.3 Å². The maximum Gasteiger partial charge on any atom is 0.226 e. The highest BCUT2D eigenvalue weighted by molar-refractivity contribution is 5.83. The lowest BCUT2D eigenvalue weighted by molar-refractivity contribution is -0.133. The number of anilines is 1. The molecule has 2 aromatic rings. The first-order chi connectivity index (χ1) is 11.7. The number of rotatable bonds is 4. The first kappa shape index (κ1) is 15.2. The van der Waals surface area contributed by atoms with Crippen molar-refractivity contribution in [2.24, 2.45) is 5.92 Å². The normalized spacial score (nSPS) is 24.0. The number of nitrogens with one attached hydrogen (secondary N) is 1. The van der Waals surface area contributed by atoms with E-state index in [9.17, 15) is 4.79 Å². The van der Waals surface area contributed by atoms with Gasteiger partial charge >= 0.3 is 0 Å². The van der Waals surface area contributed by atoms with Gasteiger partial charge in [-0.3, -0.25) is 4.79 Å². The zero-order valence-corrected chi connectivity index (χ0v) is 13.8. The molecule has 2 atom stereocenters. The van der Waals surface area contributed by atoms with Crippen molar-refractivity contribution in [3.8, 4) is 0 Å². The molecule has 4 rings (SSSR count). The van der Waals surface area contributed by atoms with Gasteiger partial charge in [-0.25, -0.2) is 0 Å². The number of carbonyl (C=O) groups is 1. The van der Waals surface area contributed by atoms with E-state index >= 15 is 0 Å². The van der Waals surface area contributed by atoms with Crippen molar-refractivity contribution in [1.82, 2.24) is 15.1 Å². The van der Waals surface area contributed by atoms with Gasteiger partial charge < -0.3 is 14.6 Å². The third-order valence-corrected chi connectivity index (χ3v) is 4.97. The van der Waals surface area contributed by atoms with E-state index in [0.29, 0.717) is 6.04 Å². The molecule has 1 aliphatic carbocycles. The van der Waals surface area contributed by atoms with Crippen LogP contribution < -0.4 is 5.32 Å². The summed E-state index contributed by atoms with van der Waals surface area (Å²) in [6, 6.07) is 8.12. The van der Waals surface area contributed by atoms with Gasteiger partial charge in [-0.1, -0.05) is 0 Å². The van der Waals surface area contributed by atoms with Crippen LogP contribution in [0.25, 0.3) is 0 Å². The summed E-state index contributed by atoms with van der Waals surface area (Å²) in [6.07, 6.45) is 4.49. The minimum absolute atomic E-state index is 0.114. The monoisotopic (exact) mass is 326 g/mol. The molecule has 0 bridgehead atoms.